The van der Waals surface area contributed by atoms with E-state index in [9.17, 15) is 9.59 Å². The van der Waals surface area contributed by atoms with Gasteiger partial charge in [0.15, 0.2) is 5.76 Å². The van der Waals surface area contributed by atoms with E-state index >= 15 is 0 Å². The van der Waals surface area contributed by atoms with Gasteiger partial charge in [0.05, 0.1) is 12.3 Å². The van der Waals surface area contributed by atoms with Crippen LogP contribution in [0.3, 0.4) is 0 Å². The molecule has 1 aromatic carbocycles. The minimum Gasteiger partial charge on any atom is -0.459 e. The number of allylic oxidation sites excluding steroid dienone is 1. The van der Waals surface area contributed by atoms with Crippen molar-refractivity contribution < 1.29 is 19.4 Å². The summed E-state index contributed by atoms with van der Waals surface area (Å²) in [7, 11) is 1.89. The fourth-order valence-corrected chi connectivity index (χ4v) is 6.43. The number of ether oxygens (including phenoxy) is 2. The number of unbranched alkanes of at least 4 members (excludes halogenated alkanes) is 1. The zero-order valence-corrected chi connectivity index (χ0v) is 24.0. The molecule has 2 aromatic rings. The van der Waals surface area contributed by atoms with E-state index in [2.05, 4.69) is 4.90 Å². The minimum atomic E-state index is -0.636. The maximum absolute atomic E-state index is 13.8. The molecule has 0 saturated carbocycles. The Labute approximate surface area is 236 Å². The number of carbonyl (C=O) groups is 1. The van der Waals surface area contributed by atoms with Gasteiger partial charge in [0.25, 0.3) is 11.5 Å². The van der Waals surface area contributed by atoms with Gasteiger partial charge in [-0.3, -0.25) is 14.3 Å². The lowest BCUT2D eigenvalue weighted by Crippen LogP contribution is -2.49. The van der Waals surface area contributed by atoms with Crippen molar-refractivity contribution in [1.29, 1.82) is 0 Å². The Hall–Kier alpha value is -2.88. The largest absolute Gasteiger partial charge is 0.459 e. The summed E-state index contributed by atoms with van der Waals surface area (Å²) in [5.74, 6) is -0.165. The summed E-state index contributed by atoms with van der Waals surface area (Å²) in [6, 6.07) is 10.1. The van der Waals surface area contributed by atoms with Crippen LogP contribution in [0.15, 0.2) is 47.0 Å². The number of benzene rings is 1. The van der Waals surface area contributed by atoms with E-state index in [-0.39, 0.29) is 29.8 Å². The molecule has 0 aliphatic carbocycles. The fourth-order valence-electron chi connectivity index (χ4n) is 6.43. The molecular formula is C31H44N4O5. The fraction of sp³-hybridized carbons (Fsp3) is 0.613. The number of para-hydroxylation sites is 1. The van der Waals surface area contributed by atoms with Gasteiger partial charge in [-0.05, 0) is 76.7 Å². The van der Waals surface area contributed by atoms with Crippen LogP contribution in [0.1, 0.15) is 68.5 Å². The predicted molar refractivity (Wildman–Crippen MR) is 153 cm³/mol. The first-order valence-corrected chi connectivity index (χ1v) is 15.0. The highest BCUT2D eigenvalue weighted by Gasteiger charge is 2.36. The first kappa shape index (κ1) is 28.6. The summed E-state index contributed by atoms with van der Waals surface area (Å²) in [4.78, 5) is 32.0. The average Bonchev–Trinajstić information content (AvgIpc) is 3.22. The topological polar surface area (TPSA) is 89.2 Å². The number of amides is 1. The molecule has 0 bridgehead atoms. The molecule has 2 fully saturated rings. The molecule has 1 amide bonds. The summed E-state index contributed by atoms with van der Waals surface area (Å²) in [6.45, 7) is 6.22. The molecule has 3 aliphatic rings. The molecule has 2 unspecified atom stereocenters. The highest BCUT2D eigenvalue weighted by atomic mass is 16.7. The Balaban J connectivity index is 1.37. The molecule has 2 saturated heterocycles. The van der Waals surface area contributed by atoms with E-state index < -0.39 is 6.29 Å². The standard InChI is InChI=1S/C31H44N4O5/c1-23-29(31(38)35(32(23)2)26-11-5-3-6-12-26)24-21-27(40-28(22-24)39-20-10-9-19-36)30(37)34-17-13-25(14-18-34)33-15-7-4-8-16-33/h3,5-6,11-12,21,24-25,28,36H,4,7-10,13-20,22H2,1-2H3. The summed E-state index contributed by atoms with van der Waals surface area (Å²) in [5.41, 5.74) is 2.21. The molecule has 4 heterocycles. The zero-order valence-electron chi connectivity index (χ0n) is 24.0. The van der Waals surface area contributed by atoms with Crippen LogP contribution in [0.4, 0.5) is 0 Å². The third-order valence-corrected chi connectivity index (χ3v) is 8.75. The summed E-state index contributed by atoms with van der Waals surface area (Å²) in [6.07, 6.45) is 8.80. The molecule has 1 aromatic heterocycles. The number of piperidine rings is 2. The van der Waals surface area contributed by atoms with Gasteiger partial charge in [0.1, 0.15) is 0 Å². The maximum atomic E-state index is 13.8. The second-order valence-corrected chi connectivity index (χ2v) is 11.3. The molecule has 3 aliphatic heterocycles. The van der Waals surface area contributed by atoms with E-state index in [1.807, 2.05) is 60.0 Å². The van der Waals surface area contributed by atoms with Gasteiger partial charge in [-0.2, -0.15) is 0 Å². The molecular weight excluding hydrogens is 508 g/mol. The van der Waals surface area contributed by atoms with Gasteiger partial charge < -0.3 is 24.4 Å². The molecule has 218 valence electrons. The van der Waals surface area contributed by atoms with Crippen molar-refractivity contribution in [1.82, 2.24) is 19.2 Å². The van der Waals surface area contributed by atoms with Crippen LogP contribution >= 0.6 is 0 Å². The summed E-state index contributed by atoms with van der Waals surface area (Å²) in [5, 5.41) is 9.15. The van der Waals surface area contributed by atoms with E-state index in [0.29, 0.717) is 50.6 Å². The summed E-state index contributed by atoms with van der Waals surface area (Å²) < 4.78 is 15.7. The Bertz CT molecular complexity index is 1220. The highest BCUT2D eigenvalue weighted by molar-refractivity contribution is 5.92. The molecule has 0 radical (unpaired) electrons. The van der Waals surface area contributed by atoms with E-state index in [1.165, 1.54) is 32.4 Å². The highest BCUT2D eigenvalue weighted by Crippen LogP contribution is 2.33. The average molecular weight is 553 g/mol. The van der Waals surface area contributed by atoms with Gasteiger partial charge in [-0.15, -0.1) is 0 Å². The van der Waals surface area contributed by atoms with Gasteiger partial charge in [0.2, 0.25) is 6.29 Å². The lowest BCUT2D eigenvalue weighted by atomic mass is 9.92. The normalized spacial score (nSPS) is 22.7. The van der Waals surface area contributed by atoms with E-state index in [0.717, 1.165) is 24.2 Å². The third-order valence-electron chi connectivity index (χ3n) is 8.75. The molecule has 0 spiro atoms. The second kappa shape index (κ2) is 13.2. The Morgan fingerprint density at radius 2 is 1.77 bits per heavy atom. The Morgan fingerprint density at radius 3 is 2.48 bits per heavy atom. The van der Waals surface area contributed by atoms with E-state index in [4.69, 9.17) is 14.6 Å². The number of nitrogens with zero attached hydrogens (tertiary/aromatic N) is 4. The number of aromatic nitrogens is 2. The number of rotatable bonds is 9. The van der Waals surface area contributed by atoms with Crippen molar-refractivity contribution in [2.24, 2.45) is 7.05 Å². The van der Waals surface area contributed by atoms with Crippen LogP contribution in [0.2, 0.25) is 0 Å². The monoisotopic (exact) mass is 552 g/mol. The summed E-state index contributed by atoms with van der Waals surface area (Å²) >= 11 is 0. The molecule has 9 nitrogen and oxygen atoms in total. The smallest absolute Gasteiger partial charge is 0.288 e. The lowest BCUT2D eigenvalue weighted by Gasteiger charge is -2.40. The van der Waals surface area contributed by atoms with E-state index in [1.54, 1.807) is 4.68 Å². The first-order valence-electron chi connectivity index (χ1n) is 15.0. The quantitative estimate of drug-likeness (QED) is 0.480. The van der Waals surface area contributed by atoms with Gasteiger partial charge in [0, 0.05) is 56.4 Å². The number of aliphatic hydroxyl groups is 1. The number of carbonyl (C=O) groups excluding carboxylic acids is 1. The molecule has 2 atom stereocenters. The molecule has 1 N–H and O–H groups in total. The maximum Gasteiger partial charge on any atom is 0.288 e. The number of likely N-dealkylation sites (tertiary alicyclic amines) is 2. The van der Waals surface area contributed by atoms with Crippen molar-refractivity contribution >= 4 is 5.91 Å². The van der Waals surface area contributed by atoms with Crippen LogP contribution in [-0.4, -0.2) is 81.9 Å². The van der Waals surface area contributed by atoms with Crippen LogP contribution in [0, 0.1) is 6.92 Å². The SMILES string of the molecule is Cc1c(C2C=C(C(=O)N3CCC(N4CCCCC4)CC3)OC(OCCCCO)C2)c(=O)n(-c2ccccc2)n1C. The van der Waals surface area contributed by atoms with Gasteiger partial charge in [-0.25, -0.2) is 4.68 Å². The van der Waals surface area contributed by atoms with Crippen LogP contribution < -0.4 is 5.56 Å². The second-order valence-electron chi connectivity index (χ2n) is 11.3. The first-order chi connectivity index (χ1) is 19.5. The zero-order chi connectivity index (χ0) is 28.1. The Morgan fingerprint density at radius 1 is 1.05 bits per heavy atom. The van der Waals surface area contributed by atoms with Crippen molar-refractivity contribution in [3.05, 3.63) is 63.8 Å². The van der Waals surface area contributed by atoms with Gasteiger partial charge >= 0.3 is 0 Å². The van der Waals surface area contributed by atoms with Crippen molar-refractivity contribution in [2.75, 3.05) is 39.4 Å². The Kier molecular flexibility index (Phi) is 9.44. The van der Waals surface area contributed by atoms with Crippen LogP contribution in [-0.2, 0) is 21.3 Å². The number of aliphatic hydroxyl groups excluding tert-OH is 1. The molecule has 40 heavy (non-hydrogen) atoms. The van der Waals surface area contributed by atoms with Crippen molar-refractivity contribution in [2.45, 2.75) is 76.5 Å². The number of hydrogen-bond donors (Lipinski definition) is 1. The van der Waals surface area contributed by atoms with Crippen LogP contribution in [0.25, 0.3) is 5.69 Å². The van der Waals surface area contributed by atoms with Crippen molar-refractivity contribution in [3.63, 3.8) is 0 Å². The van der Waals surface area contributed by atoms with Crippen molar-refractivity contribution in [3.8, 4) is 5.69 Å². The minimum absolute atomic E-state index is 0.0949. The number of hydrogen-bond acceptors (Lipinski definition) is 6. The molecule has 9 heteroatoms. The third kappa shape index (κ3) is 6.21. The predicted octanol–water partition coefficient (Wildman–Crippen LogP) is 3.46. The van der Waals surface area contributed by atoms with Gasteiger partial charge in [-0.1, -0.05) is 24.6 Å². The van der Waals surface area contributed by atoms with Crippen LogP contribution in [0.5, 0.6) is 0 Å². The lowest BCUT2D eigenvalue weighted by molar-refractivity contribution is -0.153. The molecule has 5 rings (SSSR count).